The second-order valence-electron chi connectivity index (χ2n) is 14.9. The van der Waals surface area contributed by atoms with Crippen LogP contribution in [0.3, 0.4) is 0 Å². The molecule has 0 spiro atoms. The van der Waals surface area contributed by atoms with Crippen LogP contribution >= 0.6 is 0 Å². The first-order chi connectivity index (χ1) is 28.8. The van der Waals surface area contributed by atoms with Gasteiger partial charge in [-0.1, -0.05) is 170 Å². The van der Waals surface area contributed by atoms with Crippen LogP contribution in [0, 0.1) is 0 Å². The normalized spacial score (nSPS) is 11.4. The molecular formula is C56H38N2. The van der Waals surface area contributed by atoms with Gasteiger partial charge in [0, 0.05) is 33.2 Å². The zero-order valence-electron chi connectivity index (χ0n) is 31.8. The van der Waals surface area contributed by atoms with E-state index >= 15 is 0 Å². The number of para-hydroxylation sites is 1. The van der Waals surface area contributed by atoms with Crippen LogP contribution in [-0.4, -0.2) is 4.57 Å². The van der Waals surface area contributed by atoms with Crippen LogP contribution in [0.4, 0.5) is 17.1 Å². The molecule has 0 unspecified atom stereocenters. The van der Waals surface area contributed by atoms with Crippen LogP contribution in [-0.2, 0) is 0 Å². The number of anilines is 3. The summed E-state index contributed by atoms with van der Waals surface area (Å²) in [5.74, 6) is 0. The maximum atomic E-state index is 2.42. The third kappa shape index (κ3) is 5.74. The van der Waals surface area contributed by atoms with E-state index in [2.05, 4.69) is 240 Å². The molecule has 58 heavy (non-hydrogen) atoms. The van der Waals surface area contributed by atoms with Gasteiger partial charge in [-0.25, -0.2) is 0 Å². The SMILES string of the molecule is c1ccc(-c2cccc(-c3ccc(N(c4cccc(-c5cccc6c5c5c7ccccc7ccc5n6-c5ccccc5)c4)c4cccc5ccccc45)cc3)c2)cc1. The monoisotopic (exact) mass is 738 g/mol. The maximum Gasteiger partial charge on any atom is 0.0547 e. The topological polar surface area (TPSA) is 8.17 Å². The van der Waals surface area contributed by atoms with Crippen molar-refractivity contribution < 1.29 is 0 Å². The minimum atomic E-state index is 1.10. The van der Waals surface area contributed by atoms with Gasteiger partial charge in [-0.2, -0.15) is 0 Å². The molecule has 0 N–H and O–H groups in total. The van der Waals surface area contributed by atoms with Crippen molar-refractivity contribution in [2.24, 2.45) is 0 Å². The van der Waals surface area contributed by atoms with Crippen LogP contribution in [0.25, 0.3) is 82.4 Å². The Balaban J connectivity index is 1.09. The highest BCUT2D eigenvalue weighted by molar-refractivity contribution is 6.25. The van der Waals surface area contributed by atoms with E-state index in [1.807, 2.05) is 0 Å². The van der Waals surface area contributed by atoms with E-state index in [0.29, 0.717) is 0 Å². The molecule has 1 heterocycles. The Kier molecular flexibility index (Phi) is 8.19. The van der Waals surface area contributed by atoms with E-state index in [9.17, 15) is 0 Å². The smallest absolute Gasteiger partial charge is 0.0547 e. The standard InChI is InChI=1S/C56H38N2/c1-3-15-39(16-4-1)43-20-11-21-44(37-43)40-31-34-47(35-32-40)57(52-29-13-19-41-17-7-9-26-49(41)52)48-25-12-22-45(38-48)51-28-14-30-53-56(51)55-50-27-10-8-18-42(50)33-36-54(55)58(53)46-23-5-2-6-24-46/h1-38H. The molecular weight excluding hydrogens is 701 g/mol. The number of hydrogen-bond acceptors (Lipinski definition) is 1. The minimum absolute atomic E-state index is 1.10. The Morgan fingerprint density at radius 1 is 0.310 bits per heavy atom. The van der Waals surface area contributed by atoms with Gasteiger partial charge in [0.05, 0.1) is 16.7 Å². The van der Waals surface area contributed by atoms with Crippen LogP contribution in [0.1, 0.15) is 0 Å². The van der Waals surface area contributed by atoms with Crippen molar-refractivity contribution in [3.05, 3.63) is 231 Å². The van der Waals surface area contributed by atoms with Gasteiger partial charge in [0.25, 0.3) is 0 Å². The molecule has 0 saturated heterocycles. The Labute approximate surface area is 338 Å². The summed E-state index contributed by atoms with van der Waals surface area (Å²) in [6.45, 7) is 0. The average Bonchev–Trinajstić information content (AvgIpc) is 3.65. The Hall–Kier alpha value is -7.68. The minimum Gasteiger partial charge on any atom is -0.310 e. The summed E-state index contributed by atoms with van der Waals surface area (Å²) in [6, 6.07) is 83.6. The molecule has 2 heteroatoms. The summed E-state index contributed by atoms with van der Waals surface area (Å²) in [5.41, 5.74) is 14.1. The van der Waals surface area contributed by atoms with Gasteiger partial charge in [0.1, 0.15) is 0 Å². The molecule has 10 aromatic carbocycles. The quantitative estimate of drug-likeness (QED) is 0.158. The van der Waals surface area contributed by atoms with Gasteiger partial charge in [0.2, 0.25) is 0 Å². The highest BCUT2D eigenvalue weighted by Gasteiger charge is 2.20. The van der Waals surface area contributed by atoms with Gasteiger partial charge >= 0.3 is 0 Å². The summed E-state index contributed by atoms with van der Waals surface area (Å²) < 4.78 is 2.42. The summed E-state index contributed by atoms with van der Waals surface area (Å²) >= 11 is 0. The highest BCUT2D eigenvalue weighted by Crippen LogP contribution is 2.45. The molecule has 0 aliphatic carbocycles. The molecule has 0 amide bonds. The predicted octanol–water partition coefficient (Wildman–Crippen LogP) is 15.6. The van der Waals surface area contributed by atoms with Crippen molar-refractivity contribution in [2.45, 2.75) is 0 Å². The van der Waals surface area contributed by atoms with Crippen molar-refractivity contribution in [3.8, 4) is 39.1 Å². The number of hydrogen-bond donors (Lipinski definition) is 0. The van der Waals surface area contributed by atoms with E-state index < -0.39 is 0 Å². The van der Waals surface area contributed by atoms with Crippen molar-refractivity contribution in [2.75, 3.05) is 4.90 Å². The van der Waals surface area contributed by atoms with Crippen molar-refractivity contribution in [1.29, 1.82) is 0 Å². The molecule has 11 aromatic rings. The summed E-state index contributed by atoms with van der Waals surface area (Å²) in [4.78, 5) is 2.42. The van der Waals surface area contributed by atoms with E-state index in [0.717, 1.165) is 22.7 Å². The molecule has 0 saturated carbocycles. The van der Waals surface area contributed by atoms with Crippen molar-refractivity contribution in [1.82, 2.24) is 4.57 Å². The molecule has 0 aliphatic rings. The Morgan fingerprint density at radius 2 is 0.879 bits per heavy atom. The lowest BCUT2D eigenvalue weighted by molar-refractivity contribution is 1.18. The van der Waals surface area contributed by atoms with Crippen LogP contribution in [0.15, 0.2) is 231 Å². The van der Waals surface area contributed by atoms with Crippen molar-refractivity contribution in [3.63, 3.8) is 0 Å². The van der Waals surface area contributed by atoms with E-state index in [1.54, 1.807) is 0 Å². The Bertz CT molecular complexity index is 3260. The average molecular weight is 739 g/mol. The molecule has 0 atom stereocenters. The Morgan fingerprint density at radius 3 is 1.67 bits per heavy atom. The molecule has 11 rings (SSSR count). The first-order valence-corrected chi connectivity index (χ1v) is 19.9. The number of nitrogens with zero attached hydrogens (tertiary/aromatic N) is 2. The van der Waals surface area contributed by atoms with E-state index in [1.165, 1.54) is 76.7 Å². The largest absolute Gasteiger partial charge is 0.310 e. The maximum absolute atomic E-state index is 2.42. The third-order valence-corrected chi connectivity index (χ3v) is 11.5. The zero-order valence-corrected chi connectivity index (χ0v) is 31.8. The summed E-state index contributed by atoms with van der Waals surface area (Å²) in [5, 5.41) is 7.44. The van der Waals surface area contributed by atoms with E-state index in [4.69, 9.17) is 0 Å². The lowest BCUT2D eigenvalue weighted by atomic mass is 9.96. The van der Waals surface area contributed by atoms with Gasteiger partial charge in [-0.05, 0) is 110 Å². The number of benzene rings is 10. The fourth-order valence-electron chi connectivity index (χ4n) is 8.88. The fourth-order valence-corrected chi connectivity index (χ4v) is 8.88. The van der Waals surface area contributed by atoms with Crippen molar-refractivity contribution >= 4 is 60.4 Å². The second kappa shape index (κ2) is 14.1. The molecule has 0 fully saturated rings. The third-order valence-electron chi connectivity index (χ3n) is 11.5. The molecule has 272 valence electrons. The van der Waals surface area contributed by atoms with Crippen LogP contribution < -0.4 is 4.90 Å². The first kappa shape index (κ1) is 33.6. The van der Waals surface area contributed by atoms with Gasteiger partial charge in [0.15, 0.2) is 0 Å². The highest BCUT2D eigenvalue weighted by atomic mass is 15.1. The zero-order chi connectivity index (χ0) is 38.4. The second-order valence-corrected chi connectivity index (χ2v) is 14.9. The molecule has 1 aromatic heterocycles. The van der Waals surface area contributed by atoms with E-state index in [-0.39, 0.29) is 0 Å². The number of rotatable bonds is 7. The summed E-state index contributed by atoms with van der Waals surface area (Å²) in [7, 11) is 0. The van der Waals surface area contributed by atoms with Gasteiger partial charge in [-0.3, -0.25) is 0 Å². The fraction of sp³-hybridized carbons (Fsp3) is 0. The first-order valence-electron chi connectivity index (χ1n) is 19.9. The van der Waals surface area contributed by atoms with Crippen LogP contribution in [0.2, 0.25) is 0 Å². The number of aromatic nitrogens is 1. The molecule has 2 nitrogen and oxygen atoms in total. The van der Waals surface area contributed by atoms with Gasteiger partial charge < -0.3 is 9.47 Å². The summed E-state index contributed by atoms with van der Waals surface area (Å²) in [6.07, 6.45) is 0. The molecule has 0 bridgehead atoms. The molecule has 0 aliphatic heterocycles. The van der Waals surface area contributed by atoms with Crippen LogP contribution in [0.5, 0.6) is 0 Å². The molecule has 0 radical (unpaired) electrons. The lowest BCUT2D eigenvalue weighted by Crippen LogP contribution is -2.10. The van der Waals surface area contributed by atoms with Gasteiger partial charge in [-0.15, -0.1) is 0 Å². The number of fused-ring (bicyclic) bond motifs is 6. The lowest BCUT2D eigenvalue weighted by Gasteiger charge is -2.27. The predicted molar refractivity (Wildman–Crippen MR) is 247 cm³/mol.